The molecule has 0 aromatic heterocycles. The molecule has 0 aliphatic rings. The summed E-state index contributed by atoms with van der Waals surface area (Å²) in [5.41, 5.74) is 3.98. The van der Waals surface area contributed by atoms with Crippen molar-refractivity contribution in [1.29, 1.82) is 0 Å². The molecule has 2 aromatic rings. The van der Waals surface area contributed by atoms with Gasteiger partial charge in [-0.1, -0.05) is 30.3 Å². The van der Waals surface area contributed by atoms with Gasteiger partial charge in [0.25, 0.3) is 0 Å². The number of halogens is 3. The van der Waals surface area contributed by atoms with Crippen molar-refractivity contribution in [3.63, 3.8) is 0 Å². The summed E-state index contributed by atoms with van der Waals surface area (Å²) in [7, 11) is 0. The molecule has 19 heavy (non-hydrogen) atoms. The van der Waals surface area contributed by atoms with Gasteiger partial charge >= 0.3 is 0 Å². The lowest BCUT2D eigenvalue weighted by molar-refractivity contribution is 0.433. The zero-order valence-electron chi connectivity index (χ0n) is 10.3. The van der Waals surface area contributed by atoms with Gasteiger partial charge < -0.3 is 0 Å². The molecule has 0 aliphatic heterocycles. The largest absolute Gasteiger partial charge is 0.271 e. The maximum Gasteiger partial charge on any atom is 0.194 e. The Morgan fingerprint density at radius 3 is 2.26 bits per heavy atom. The van der Waals surface area contributed by atoms with Crippen LogP contribution in [0, 0.1) is 24.4 Å². The Morgan fingerprint density at radius 1 is 0.947 bits per heavy atom. The number of benzene rings is 2. The van der Waals surface area contributed by atoms with Gasteiger partial charge in [-0.05, 0) is 24.1 Å². The maximum absolute atomic E-state index is 13.8. The monoisotopic (exact) mass is 266 g/mol. The van der Waals surface area contributed by atoms with Gasteiger partial charge in [0, 0.05) is 5.56 Å². The third-order valence-corrected chi connectivity index (χ3v) is 3.04. The Balaban J connectivity index is 2.55. The first-order valence-electron chi connectivity index (χ1n) is 5.71. The van der Waals surface area contributed by atoms with Crippen LogP contribution in [0.2, 0.25) is 0 Å². The van der Waals surface area contributed by atoms with Crippen LogP contribution in [0.3, 0.4) is 0 Å². The maximum atomic E-state index is 13.8. The van der Waals surface area contributed by atoms with Gasteiger partial charge in [-0.3, -0.25) is 5.84 Å². The van der Waals surface area contributed by atoms with Gasteiger partial charge in [-0.2, -0.15) is 0 Å². The lowest BCUT2D eigenvalue weighted by Gasteiger charge is -2.19. The van der Waals surface area contributed by atoms with E-state index < -0.39 is 23.5 Å². The predicted molar refractivity (Wildman–Crippen MR) is 66.7 cm³/mol. The van der Waals surface area contributed by atoms with Gasteiger partial charge in [-0.25, -0.2) is 18.6 Å². The molecule has 0 spiro atoms. The Bertz CT molecular complexity index is 599. The van der Waals surface area contributed by atoms with Crippen LogP contribution in [0.25, 0.3) is 0 Å². The minimum atomic E-state index is -1.49. The average molecular weight is 266 g/mol. The molecule has 0 radical (unpaired) electrons. The molecule has 0 saturated carbocycles. The number of hydrogen-bond donors (Lipinski definition) is 2. The van der Waals surface area contributed by atoms with E-state index in [-0.39, 0.29) is 5.56 Å². The second-order valence-corrected chi connectivity index (χ2v) is 4.22. The molecule has 2 aromatic carbocycles. The summed E-state index contributed by atoms with van der Waals surface area (Å²) in [4.78, 5) is 0. The average Bonchev–Trinajstić information content (AvgIpc) is 2.41. The number of aryl methyl sites for hydroxylation is 1. The van der Waals surface area contributed by atoms with Crippen LogP contribution in [-0.2, 0) is 0 Å². The van der Waals surface area contributed by atoms with Crippen molar-refractivity contribution in [2.24, 2.45) is 5.84 Å². The minimum absolute atomic E-state index is 0.0318. The number of hydrogen-bond acceptors (Lipinski definition) is 2. The molecule has 5 heteroatoms. The summed E-state index contributed by atoms with van der Waals surface area (Å²) in [6.45, 7) is 1.83. The second kappa shape index (κ2) is 5.42. The highest BCUT2D eigenvalue weighted by Crippen LogP contribution is 2.28. The SMILES string of the molecule is Cc1ccccc1C(NN)c1ccc(F)c(F)c1F. The Kier molecular flexibility index (Phi) is 3.87. The van der Waals surface area contributed by atoms with Crippen LogP contribution >= 0.6 is 0 Å². The van der Waals surface area contributed by atoms with E-state index in [9.17, 15) is 13.2 Å². The second-order valence-electron chi connectivity index (χ2n) is 4.22. The number of nitrogens with one attached hydrogen (secondary N) is 1. The molecule has 0 bridgehead atoms. The van der Waals surface area contributed by atoms with Crippen LogP contribution in [0.5, 0.6) is 0 Å². The summed E-state index contributed by atoms with van der Waals surface area (Å²) < 4.78 is 40.0. The summed E-state index contributed by atoms with van der Waals surface area (Å²) in [5, 5.41) is 0. The summed E-state index contributed by atoms with van der Waals surface area (Å²) in [5.74, 6) is 1.48. The molecule has 0 aliphatic carbocycles. The predicted octanol–water partition coefficient (Wildman–Crippen LogP) is 2.97. The quantitative estimate of drug-likeness (QED) is 0.509. The topological polar surface area (TPSA) is 38.0 Å². The number of hydrazine groups is 1. The summed E-state index contributed by atoms with van der Waals surface area (Å²) >= 11 is 0. The van der Waals surface area contributed by atoms with E-state index in [4.69, 9.17) is 5.84 Å². The van der Waals surface area contributed by atoms with Crippen molar-refractivity contribution in [3.8, 4) is 0 Å². The van der Waals surface area contributed by atoms with E-state index in [2.05, 4.69) is 5.43 Å². The molecule has 0 saturated heterocycles. The van der Waals surface area contributed by atoms with Crippen molar-refractivity contribution in [3.05, 3.63) is 70.5 Å². The lowest BCUT2D eigenvalue weighted by atomic mass is 9.95. The van der Waals surface area contributed by atoms with Crippen molar-refractivity contribution in [2.75, 3.05) is 0 Å². The van der Waals surface area contributed by atoms with E-state index in [1.54, 1.807) is 12.1 Å². The smallest absolute Gasteiger partial charge is 0.194 e. The van der Waals surface area contributed by atoms with Gasteiger partial charge in [0.1, 0.15) is 0 Å². The standard InChI is InChI=1S/C14H13F3N2/c1-8-4-2-3-5-9(8)14(19-18)10-6-7-11(15)13(17)12(10)16/h2-7,14,19H,18H2,1H3. The van der Waals surface area contributed by atoms with Crippen LogP contribution in [0.15, 0.2) is 36.4 Å². The van der Waals surface area contributed by atoms with Crippen LogP contribution < -0.4 is 11.3 Å². The molecule has 0 fully saturated rings. The van der Waals surface area contributed by atoms with Gasteiger partial charge in [0.2, 0.25) is 0 Å². The highest BCUT2D eigenvalue weighted by molar-refractivity contribution is 5.37. The van der Waals surface area contributed by atoms with Gasteiger partial charge in [-0.15, -0.1) is 0 Å². The fourth-order valence-electron chi connectivity index (χ4n) is 2.02. The zero-order valence-corrected chi connectivity index (χ0v) is 10.3. The van der Waals surface area contributed by atoms with E-state index in [0.29, 0.717) is 5.56 Å². The third-order valence-electron chi connectivity index (χ3n) is 3.04. The molecule has 2 rings (SSSR count). The molecule has 1 atom stereocenters. The highest BCUT2D eigenvalue weighted by Gasteiger charge is 2.22. The third kappa shape index (κ3) is 2.47. The Morgan fingerprint density at radius 2 is 1.63 bits per heavy atom. The lowest BCUT2D eigenvalue weighted by Crippen LogP contribution is -2.30. The van der Waals surface area contributed by atoms with Crippen LogP contribution in [0.4, 0.5) is 13.2 Å². The summed E-state index contributed by atoms with van der Waals surface area (Å²) in [6.07, 6.45) is 0. The fourth-order valence-corrected chi connectivity index (χ4v) is 2.02. The van der Waals surface area contributed by atoms with E-state index in [1.165, 1.54) is 6.07 Å². The van der Waals surface area contributed by atoms with Gasteiger partial charge in [0.15, 0.2) is 17.5 Å². The Hall–Kier alpha value is -1.85. The first-order valence-corrected chi connectivity index (χ1v) is 5.71. The molecule has 1 unspecified atom stereocenters. The van der Waals surface area contributed by atoms with Crippen molar-refractivity contribution < 1.29 is 13.2 Å². The van der Waals surface area contributed by atoms with E-state index in [1.807, 2.05) is 19.1 Å². The highest BCUT2D eigenvalue weighted by atomic mass is 19.2. The van der Waals surface area contributed by atoms with E-state index >= 15 is 0 Å². The molecule has 3 N–H and O–H groups in total. The molecular weight excluding hydrogens is 253 g/mol. The Labute approximate surface area is 109 Å². The molecule has 2 nitrogen and oxygen atoms in total. The van der Waals surface area contributed by atoms with E-state index in [0.717, 1.165) is 11.6 Å². The van der Waals surface area contributed by atoms with Gasteiger partial charge in [0.05, 0.1) is 6.04 Å². The minimum Gasteiger partial charge on any atom is -0.271 e. The fraction of sp³-hybridized carbons (Fsp3) is 0.143. The number of nitrogens with two attached hydrogens (primary N) is 1. The molecule has 0 amide bonds. The van der Waals surface area contributed by atoms with Crippen LogP contribution in [-0.4, -0.2) is 0 Å². The molecule has 100 valence electrons. The normalized spacial score (nSPS) is 12.5. The molecular formula is C14H13F3N2. The molecule has 0 heterocycles. The van der Waals surface area contributed by atoms with Crippen molar-refractivity contribution >= 4 is 0 Å². The van der Waals surface area contributed by atoms with Crippen molar-refractivity contribution in [2.45, 2.75) is 13.0 Å². The van der Waals surface area contributed by atoms with Crippen molar-refractivity contribution in [1.82, 2.24) is 5.43 Å². The zero-order chi connectivity index (χ0) is 14.0. The number of rotatable bonds is 3. The van der Waals surface area contributed by atoms with Crippen LogP contribution in [0.1, 0.15) is 22.7 Å². The first kappa shape index (κ1) is 13.6. The first-order chi connectivity index (χ1) is 9.06. The summed E-state index contributed by atoms with van der Waals surface area (Å²) in [6, 6.07) is 8.51.